The minimum atomic E-state index is 0.258. The molecule has 0 spiro atoms. The van der Waals surface area contributed by atoms with Crippen LogP contribution in [0, 0.1) is 6.92 Å². The summed E-state index contributed by atoms with van der Waals surface area (Å²) in [4.78, 5) is 0. The van der Waals surface area contributed by atoms with Gasteiger partial charge in [-0.1, -0.05) is 28.9 Å². The first-order chi connectivity index (χ1) is 7.16. The molecule has 1 aromatic rings. The van der Waals surface area contributed by atoms with Gasteiger partial charge in [0.25, 0.3) is 0 Å². The lowest BCUT2D eigenvalue weighted by molar-refractivity contribution is 0.176. The molecule has 1 aliphatic rings. The van der Waals surface area contributed by atoms with Crippen molar-refractivity contribution in [2.75, 3.05) is 13.2 Å². The summed E-state index contributed by atoms with van der Waals surface area (Å²) in [6.07, 6.45) is 2.31. The number of hydrogen-bond acceptors (Lipinski definition) is 1. The van der Waals surface area contributed by atoms with E-state index in [1.165, 1.54) is 15.6 Å². The molecule has 2 rings (SSSR count). The maximum atomic E-state index is 5.57. The number of hydrogen-bond donors (Lipinski definition) is 0. The molecule has 0 bridgehead atoms. The van der Waals surface area contributed by atoms with Crippen molar-refractivity contribution in [2.24, 2.45) is 0 Å². The third kappa shape index (κ3) is 2.11. The van der Waals surface area contributed by atoms with Gasteiger partial charge in [-0.15, -0.1) is 0 Å². The third-order valence-corrected chi connectivity index (χ3v) is 3.89. The van der Waals surface area contributed by atoms with Crippen LogP contribution in [0.3, 0.4) is 0 Å². The standard InChI is InChI=1S/C13H17BrO/c1-3-13(4-5-15-9-13)11-6-10(2)7-12(14)8-11/h6-8H,3-5,9H2,1-2H3/t13-/m0/s1. The molecule has 1 fully saturated rings. The molecule has 2 heteroatoms. The lowest BCUT2D eigenvalue weighted by Crippen LogP contribution is -2.25. The van der Waals surface area contributed by atoms with Gasteiger partial charge in [0.15, 0.2) is 0 Å². The van der Waals surface area contributed by atoms with Crippen LogP contribution in [-0.2, 0) is 10.2 Å². The highest BCUT2D eigenvalue weighted by molar-refractivity contribution is 9.10. The Hall–Kier alpha value is -0.340. The number of aryl methyl sites for hydroxylation is 1. The predicted molar refractivity (Wildman–Crippen MR) is 66.3 cm³/mol. The highest BCUT2D eigenvalue weighted by Gasteiger charge is 2.35. The first-order valence-corrected chi connectivity index (χ1v) is 6.31. The van der Waals surface area contributed by atoms with E-state index in [2.05, 4.69) is 48.0 Å². The van der Waals surface area contributed by atoms with Gasteiger partial charge in [0.2, 0.25) is 0 Å². The second kappa shape index (κ2) is 4.26. The third-order valence-electron chi connectivity index (χ3n) is 3.43. The lowest BCUT2D eigenvalue weighted by atomic mass is 9.77. The molecule has 15 heavy (non-hydrogen) atoms. The normalized spacial score (nSPS) is 25.8. The van der Waals surface area contributed by atoms with E-state index in [1.807, 2.05) is 0 Å². The average Bonchev–Trinajstić information content (AvgIpc) is 2.65. The summed E-state index contributed by atoms with van der Waals surface area (Å²) in [5.74, 6) is 0. The van der Waals surface area contributed by atoms with E-state index in [1.54, 1.807) is 0 Å². The molecule has 0 aliphatic carbocycles. The van der Waals surface area contributed by atoms with Gasteiger partial charge in [0.1, 0.15) is 0 Å². The molecule has 1 atom stereocenters. The zero-order valence-electron chi connectivity index (χ0n) is 9.35. The van der Waals surface area contributed by atoms with E-state index in [4.69, 9.17) is 4.74 Å². The maximum Gasteiger partial charge on any atom is 0.0563 e. The van der Waals surface area contributed by atoms with Crippen molar-refractivity contribution in [3.63, 3.8) is 0 Å². The van der Waals surface area contributed by atoms with Crippen molar-refractivity contribution < 1.29 is 4.74 Å². The van der Waals surface area contributed by atoms with Crippen LogP contribution in [0.2, 0.25) is 0 Å². The summed E-state index contributed by atoms with van der Waals surface area (Å²) in [6, 6.07) is 6.69. The minimum absolute atomic E-state index is 0.258. The zero-order chi connectivity index (χ0) is 10.9. The summed E-state index contributed by atoms with van der Waals surface area (Å²) in [6.45, 7) is 6.18. The van der Waals surface area contributed by atoms with Gasteiger partial charge in [-0.05, 0) is 43.0 Å². The van der Waals surface area contributed by atoms with Crippen molar-refractivity contribution in [2.45, 2.75) is 32.1 Å². The van der Waals surface area contributed by atoms with Gasteiger partial charge >= 0.3 is 0 Å². The second-order valence-electron chi connectivity index (χ2n) is 4.45. The van der Waals surface area contributed by atoms with Crippen LogP contribution in [-0.4, -0.2) is 13.2 Å². The predicted octanol–water partition coefficient (Wildman–Crippen LogP) is 3.83. The molecule has 1 saturated heterocycles. The molecule has 0 saturated carbocycles. The molecule has 1 nitrogen and oxygen atoms in total. The minimum Gasteiger partial charge on any atom is -0.380 e. The monoisotopic (exact) mass is 268 g/mol. The van der Waals surface area contributed by atoms with E-state index >= 15 is 0 Å². The largest absolute Gasteiger partial charge is 0.380 e. The van der Waals surface area contributed by atoms with Gasteiger partial charge in [0.05, 0.1) is 6.61 Å². The van der Waals surface area contributed by atoms with E-state index in [0.717, 1.165) is 26.1 Å². The molecular formula is C13H17BrO. The number of rotatable bonds is 2. The van der Waals surface area contributed by atoms with E-state index in [0.29, 0.717) is 0 Å². The number of ether oxygens (including phenoxy) is 1. The number of halogens is 1. The molecule has 1 aromatic carbocycles. The van der Waals surface area contributed by atoms with Crippen LogP contribution in [0.15, 0.2) is 22.7 Å². The van der Waals surface area contributed by atoms with Gasteiger partial charge < -0.3 is 4.74 Å². The van der Waals surface area contributed by atoms with Crippen LogP contribution in [0.25, 0.3) is 0 Å². The molecular weight excluding hydrogens is 252 g/mol. The Morgan fingerprint density at radius 1 is 1.40 bits per heavy atom. The van der Waals surface area contributed by atoms with Crippen LogP contribution in [0.4, 0.5) is 0 Å². The Bertz CT molecular complexity index is 333. The molecule has 82 valence electrons. The van der Waals surface area contributed by atoms with Crippen LogP contribution in [0.5, 0.6) is 0 Å². The maximum absolute atomic E-state index is 5.57. The Labute approximate surface area is 100.0 Å². The molecule has 0 unspecified atom stereocenters. The van der Waals surface area contributed by atoms with Crippen LogP contribution in [0.1, 0.15) is 30.9 Å². The smallest absolute Gasteiger partial charge is 0.0563 e. The molecule has 0 amide bonds. The summed E-state index contributed by atoms with van der Waals surface area (Å²) in [7, 11) is 0. The first kappa shape index (κ1) is 11.2. The zero-order valence-corrected chi connectivity index (χ0v) is 10.9. The Morgan fingerprint density at radius 2 is 2.20 bits per heavy atom. The van der Waals surface area contributed by atoms with Gasteiger partial charge in [-0.3, -0.25) is 0 Å². The molecule has 1 aliphatic heterocycles. The highest BCUT2D eigenvalue weighted by Crippen LogP contribution is 2.37. The van der Waals surface area contributed by atoms with Gasteiger partial charge in [0, 0.05) is 16.5 Å². The molecule has 0 radical (unpaired) electrons. The van der Waals surface area contributed by atoms with Crippen molar-refractivity contribution in [3.05, 3.63) is 33.8 Å². The summed E-state index contributed by atoms with van der Waals surface area (Å²) in [5, 5.41) is 0. The lowest BCUT2D eigenvalue weighted by Gasteiger charge is -2.27. The fraction of sp³-hybridized carbons (Fsp3) is 0.538. The van der Waals surface area contributed by atoms with Crippen molar-refractivity contribution >= 4 is 15.9 Å². The fourth-order valence-electron chi connectivity index (χ4n) is 2.36. The SMILES string of the molecule is CC[C@]1(c2cc(C)cc(Br)c2)CCOC1. The van der Waals surface area contributed by atoms with Crippen molar-refractivity contribution in [1.29, 1.82) is 0 Å². The van der Waals surface area contributed by atoms with Crippen molar-refractivity contribution in [3.8, 4) is 0 Å². The van der Waals surface area contributed by atoms with Crippen molar-refractivity contribution in [1.82, 2.24) is 0 Å². The molecule has 1 heterocycles. The Kier molecular flexibility index (Phi) is 3.17. The second-order valence-corrected chi connectivity index (χ2v) is 5.37. The Morgan fingerprint density at radius 3 is 2.73 bits per heavy atom. The summed E-state index contributed by atoms with van der Waals surface area (Å²) >= 11 is 3.57. The quantitative estimate of drug-likeness (QED) is 0.793. The fourth-order valence-corrected chi connectivity index (χ4v) is 2.97. The summed E-state index contributed by atoms with van der Waals surface area (Å²) < 4.78 is 6.75. The molecule has 0 N–H and O–H groups in total. The Balaban J connectivity index is 2.42. The van der Waals surface area contributed by atoms with E-state index in [9.17, 15) is 0 Å². The average molecular weight is 269 g/mol. The topological polar surface area (TPSA) is 9.23 Å². The van der Waals surface area contributed by atoms with Gasteiger partial charge in [-0.25, -0.2) is 0 Å². The van der Waals surface area contributed by atoms with Crippen LogP contribution >= 0.6 is 15.9 Å². The van der Waals surface area contributed by atoms with Crippen LogP contribution < -0.4 is 0 Å². The summed E-state index contributed by atoms with van der Waals surface area (Å²) in [5.41, 5.74) is 3.00. The first-order valence-electron chi connectivity index (χ1n) is 5.52. The molecule has 0 aromatic heterocycles. The van der Waals surface area contributed by atoms with E-state index < -0.39 is 0 Å². The number of benzene rings is 1. The van der Waals surface area contributed by atoms with E-state index in [-0.39, 0.29) is 5.41 Å². The highest BCUT2D eigenvalue weighted by atomic mass is 79.9. The van der Waals surface area contributed by atoms with Gasteiger partial charge in [-0.2, -0.15) is 0 Å².